The van der Waals surface area contributed by atoms with Gasteiger partial charge in [-0.25, -0.2) is 0 Å². The summed E-state index contributed by atoms with van der Waals surface area (Å²) >= 11 is 1.47. The first kappa shape index (κ1) is 16.7. The van der Waals surface area contributed by atoms with E-state index < -0.39 is 0 Å². The van der Waals surface area contributed by atoms with Crippen LogP contribution >= 0.6 is 11.3 Å². The second kappa shape index (κ2) is 7.20. The topological polar surface area (TPSA) is 45.3 Å². The van der Waals surface area contributed by atoms with Crippen LogP contribution in [0.2, 0.25) is 0 Å². The molecule has 4 nitrogen and oxygen atoms in total. The van der Waals surface area contributed by atoms with Crippen molar-refractivity contribution < 1.29 is 4.74 Å². The van der Waals surface area contributed by atoms with Crippen LogP contribution < -0.4 is 10.3 Å². The Balaban J connectivity index is 2.18. The fraction of sp³-hybridized carbons (Fsp3) is 0.316. The van der Waals surface area contributed by atoms with Crippen molar-refractivity contribution in [1.82, 2.24) is 9.88 Å². The van der Waals surface area contributed by atoms with Crippen LogP contribution in [-0.2, 0) is 0 Å². The smallest absolute Gasteiger partial charge is 0.266 e. The number of hydrogen-bond donors (Lipinski definition) is 1. The van der Waals surface area contributed by atoms with Crippen LogP contribution in [0, 0.1) is 0 Å². The average molecular weight is 342 g/mol. The molecule has 1 N–H and O–H groups in total. The van der Waals surface area contributed by atoms with Gasteiger partial charge in [0.1, 0.15) is 10.4 Å². The van der Waals surface area contributed by atoms with E-state index in [-0.39, 0.29) is 5.56 Å². The largest absolute Gasteiger partial charge is 0.496 e. The van der Waals surface area contributed by atoms with Gasteiger partial charge in [-0.05, 0) is 36.7 Å². The number of thiophene rings is 1. The Morgan fingerprint density at radius 2 is 2.04 bits per heavy atom. The van der Waals surface area contributed by atoms with Gasteiger partial charge < -0.3 is 14.6 Å². The van der Waals surface area contributed by atoms with Gasteiger partial charge in [-0.1, -0.05) is 26.0 Å². The zero-order valence-electron chi connectivity index (χ0n) is 14.3. The summed E-state index contributed by atoms with van der Waals surface area (Å²) < 4.78 is 6.32. The highest BCUT2D eigenvalue weighted by Gasteiger charge is 2.12. The predicted molar refractivity (Wildman–Crippen MR) is 103 cm³/mol. The third-order valence-electron chi connectivity index (χ3n) is 4.36. The number of rotatable bonds is 6. The Morgan fingerprint density at radius 1 is 1.25 bits per heavy atom. The number of H-pyrrole nitrogens is 1. The molecule has 0 atom stereocenters. The molecule has 0 aliphatic heterocycles. The van der Waals surface area contributed by atoms with Gasteiger partial charge in [0.15, 0.2) is 0 Å². The molecule has 0 amide bonds. The molecule has 0 spiro atoms. The molecular formula is C19H22N2O2S. The van der Waals surface area contributed by atoms with Crippen LogP contribution in [0.25, 0.3) is 27.1 Å². The van der Waals surface area contributed by atoms with E-state index in [0.29, 0.717) is 0 Å². The maximum Gasteiger partial charge on any atom is 0.266 e. The van der Waals surface area contributed by atoms with Crippen molar-refractivity contribution in [3.8, 4) is 5.75 Å². The van der Waals surface area contributed by atoms with Gasteiger partial charge in [-0.2, -0.15) is 0 Å². The van der Waals surface area contributed by atoms with Gasteiger partial charge in [-0.3, -0.25) is 4.79 Å². The molecule has 0 fully saturated rings. The van der Waals surface area contributed by atoms with Crippen LogP contribution in [0.5, 0.6) is 5.75 Å². The zero-order valence-corrected chi connectivity index (χ0v) is 15.1. The van der Waals surface area contributed by atoms with E-state index >= 15 is 0 Å². The lowest BCUT2D eigenvalue weighted by Gasteiger charge is -2.15. The molecule has 0 aliphatic carbocycles. The molecule has 0 unspecified atom stereocenters. The molecule has 3 rings (SSSR count). The lowest BCUT2D eigenvalue weighted by molar-refractivity contribution is 0.338. The minimum atomic E-state index is -0.0317. The lowest BCUT2D eigenvalue weighted by atomic mass is 10.0. The Morgan fingerprint density at radius 3 is 2.75 bits per heavy atom. The molecule has 2 heterocycles. The summed E-state index contributed by atoms with van der Waals surface area (Å²) in [7, 11) is 1.68. The van der Waals surface area contributed by atoms with E-state index in [1.807, 2.05) is 23.6 Å². The molecular weight excluding hydrogens is 320 g/mol. The highest BCUT2D eigenvalue weighted by atomic mass is 32.1. The highest BCUT2D eigenvalue weighted by Crippen LogP contribution is 2.34. The number of aromatic amines is 1. The molecule has 0 saturated carbocycles. The molecule has 126 valence electrons. The molecule has 0 radical (unpaired) electrons. The van der Waals surface area contributed by atoms with Crippen LogP contribution in [0.1, 0.15) is 19.4 Å². The monoisotopic (exact) mass is 342 g/mol. The number of methoxy groups -OCH3 is 1. The second-order valence-corrected chi connectivity index (χ2v) is 6.53. The van der Waals surface area contributed by atoms with Crippen molar-refractivity contribution in [1.29, 1.82) is 0 Å². The minimum Gasteiger partial charge on any atom is -0.496 e. The third kappa shape index (κ3) is 2.97. The standard InChI is InChI=1S/C19H22N2O2S/c1-4-21(5-2)11-6-7-13-16(23-3)9-8-15-17(13)14-10-12-24-18(14)19(22)20-15/h6-10,12H,4-5,11H2,1-3H3,(H,20,22)/b7-6+. The molecule has 0 bridgehead atoms. The average Bonchev–Trinajstić information content (AvgIpc) is 3.09. The lowest BCUT2D eigenvalue weighted by Crippen LogP contribution is -2.22. The zero-order chi connectivity index (χ0) is 17.1. The number of likely N-dealkylation sites (N-methyl/N-ethyl adjacent to an activating group) is 1. The summed E-state index contributed by atoms with van der Waals surface area (Å²) in [6.07, 6.45) is 4.27. The van der Waals surface area contributed by atoms with Crippen molar-refractivity contribution in [3.63, 3.8) is 0 Å². The first-order valence-electron chi connectivity index (χ1n) is 8.18. The van der Waals surface area contributed by atoms with Gasteiger partial charge in [0, 0.05) is 28.4 Å². The minimum absolute atomic E-state index is 0.0317. The number of pyridine rings is 1. The Kier molecular flexibility index (Phi) is 5.02. The number of hydrogen-bond acceptors (Lipinski definition) is 4. The second-order valence-electron chi connectivity index (χ2n) is 5.61. The number of benzene rings is 1. The first-order valence-corrected chi connectivity index (χ1v) is 9.06. The summed E-state index contributed by atoms with van der Waals surface area (Å²) in [6.45, 7) is 7.26. The van der Waals surface area contributed by atoms with E-state index in [4.69, 9.17) is 4.74 Å². The van der Waals surface area contributed by atoms with Gasteiger partial charge >= 0.3 is 0 Å². The predicted octanol–water partition coefficient (Wildman–Crippen LogP) is 4.11. The fourth-order valence-corrected chi connectivity index (χ4v) is 3.80. The highest BCUT2D eigenvalue weighted by molar-refractivity contribution is 7.17. The van der Waals surface area contributed by atoms with E-state index in [1.54, 1.807) is 7.11 Å². The molecule has 3 aromatic rings. The normalized spacial score (nSPS) is 12.0. The van der Waals surface area contributed by atoms with Crippen molar-refractivity contribution in [2.24, 2.45) is 0 Å². The number of ether oxygens (including phenoxy) is 1. The number of aromatic nitrogens is 1. The van der Waals surface area contributed by atoms with Crippen LogP contribution in [-0.4, -0.2) is 36.6 Å². The summed E-state index contributed by atoms with van der Waals surface area (Å²) in [6, 6.07) is 5.83. The van der Waals surface area contributed by atoms with Crippen LogP contribution in [0.15, 0.2) is 34.4 Å². The number of fused-ring (bicyclic) bond motifs is 3. The molecule has 1 aromatic carbocycles. The third-order valence-corrected chi connectivity index (χ3v) is 5.27. The van der Waals surface area contributed by atoms with E-state index in [9.17, 15) is 4.79 Å². The summed E-state index contributed by atoms with van der Waals surface area (Å²) in [5.74, 6) is 0.817. The molecule has 0 saturated heterocycles. The quantitative estimate of drug-likeness (QED) is 0.733. The van der Waals surface area contributed by atoms with Crippen molar-refractivity contribution >= 4 is 38.4 Å². The van der Waals surface area contributed by atoms with Crippen molar-refractivity contribution in [3.05, 3.63) is 45.6 Å². The van der Waals surface area contributed by atoms with Crippen LogP contribution in [0.4, 0.5) is 0 Å². The summed E-state index contributed by atoms with van der Waals surface area (Å²) in [5, 5.41) is 3.99. The number of nitrogens with zero attached hydrogens (tertiary/aromatic N) is 1. The maximum absolute atomic E-state index is 12.2. The summed E-state index contributed by atoms with van der Waals surface area (Å²) in [5.41, 5.74) is 1.83. The molecule has 2 aromatic heterocycles. The first-order chi connectivity index (χ1) is 11.7. The fourth-order valence-electron chi connectivity index (χ4n) is 3.00. The molecule has 5 heteroatoms. The Bertz CT molecular complexity index is 936. The maximum atomic E-state index is 12.2. The molecule has 0 aliphatic rings. The Labute approximate surface area is 145 Å². The van der Waals surface area contributed by atoms with Gasteiger partial charge in [0.05, 0.1) is 7.11 Å². The summed E-state index contributed by atoms with van der Waals surface area (Å²) in [4.78, 5) is 17.5. The van der Waals surface area contributed by atoms with Crippen molar-refractivity contribution in [2.45, 2.75) is 13.8 Å². The van der Waals surface area contributed by atoms with E-state index in [2.05, 4.69) is 35.9 Å². The van der Waals surface area contributed by atoms with Crippen molar-refractivity contribution in [2.75, 3.05) is 26.7 Å². The van der Waals surface area contributed by atoms with Gasteiger partial charge in [0.25, 0.3) is 5.56 Å². The van der Waals surface area contributed by atoms with E-state index in [0.717, 1.165) is 51.9 Å². The van der Waals surface area contributed by atoms with Gasteiger partial charge in [0.2, 0.25) is 0 Å². The SMILES string of the molecule is CCN(CC)C/C=C/c1c(OC)ccc2[nH]c(=O)c3sccc3c12. The number of nitrogens with one attached hydrogen (secondary N) is 1. The van der Waals surface area contributed by atoms with E-state index in [1.165, 1.54) is 11.3 Å². The molecule has 24 heavy (non-hydrogen) atoms. The van der Waals surface area contributed by atoms with Gasteiger partial charge in [-0.15, -0.1) is 11.3 Å². The van der Waals surface area contributed by atoms with Crippen LogP contribution in [0.3, 0.4) is 0 Å². The Hall–Kier alpha value is -2.11.